The normalized spacial score (nSPS) is 17.5. The van der Waals surface area contributed by atoms with Gasteiger partial charge in [0.15, 0.2) is 0 Å². The van der Waals surface area contributed by atoms with Crippen molar-refractivity contribution in [3.05, 3.63) is 0 Å². The van der Waals surface area contributed by atoms with Crippen molar-refractivity contribution in [2.24, 2.45) is 5.92 Å². The van der Waals surface area contributed by atoms with Crippen LogP contribution in [0, 0.1) is 5.92 Å². The molecular weight excluding hydrogens is 262 g/mol. The number of hydrogen-bond acceptors (Lipinski definition) is 6. The quantitative estimate of drug-likeness (QED) is 0.308. The summed E-state index contributed by atoms with van der Waals surface area (Å²) in [5, 5.41) is 40.9. The zero-order valence-corrected chi connectivity index (χ0v) is 12.5. The highest BCUT2D eigenvalue weighted by molar-refractivity contribution is 5.77. The van der Waals surface area contributed by atoms with Gasteiger partial charge in [-0.25, -0.2) is 0 Å². The van der Waals surface area contributed by atoms with Crippen molar-refractivity contribution in [2.75, 3.05) is 19.7 Å². The molecule has 5 N–H and O–H groups in total. The number of Topliss-reactive ketones (excluding diaryl/α,β-unsaturated/α-hetero) is 1. The lowest BCUT2D eigenvalue weighted by atomic mass is 9.97. The highest BCUT2D eigenvalue weighted by Gasteiger charge is 2.28. The van der Waals surface area contributed by atoms with Crippen molar-refractivity contribution >= 4 is 5.78 Å². The summed E-state index contributed by atoms with van der Waals surface area (Å²) in [6, 6.07) is 0. The van der Waals surface area contributed by atoms with Gasteiger partial charge in [0.25, 0.3) is 0 Å². The van der Waals surface area contributed by atoms with Crippen LogP contribution in [-0.2, 0) is 4.79 Å². The minimum absolute atomic E-state index is 0.165. The molecule has 0 aromatic carbocycles. The van der Waals surface area contributed by atoms with E-state index in [1.807, 2.05) is 6.92 Å². The number of aliphatic hydroxyl groups excluding tert-OH is 4. The Morgan fingerprint density at radius 1 is 1.15 bits per heavy atom. The van der Waals surface area contributed by atoms with Crippen LogP contribution in [0.5, 0.6) is 0 Å². The molecule has 0 fully saturated rings. The van der Waals surface area contributed by atoms with Gasteiger partial charge in [-0.15, -0.1) is 0 Å². The fourth-order valence-electron chi connectivity index (χ4n) is 1.79. The Hall–Kier alpha value is -0.530. The fraction of sp³-hybridized carbons (Fsp3) is 0.929. The minimum atomic E-state index is -1.29. The summed E-state index contributed by atoms with van der Waals surface area (Å²) in [4.78, 5) is 11.1. The lowest BCUT2D eigenvalue weighted by Crippen LogP contribution is -2.46. The third-order valence-corrected chi connectivity index (χ3v) is 3.42. The van der Waals surface area contributed by atoms with E-state index in [-0.39, 0.29) is 18.9 Å². The first-order chi connectivity index (χ1) is 9.43. The van der Waals surface area contributed by atoms with E-state index in [2.05, 4.69) is 5.32 Å². The maximum absolute atomic E-state index is 11.1. The second-order valence-corrected chi connectivity index (χ2v) is 5.26. The molecule has 120 valence electrons. The topological polar surface area (TPSA) is 110 Å². The molecule has 4 atom stereocenters. The number of rotatable bonds is 12. The second-order valence-electron chi connectivity index (χ2n) is 5.26. The van der Waals surface area contributed by atoms with Gasteiger partial charge in [0.05, 0.1) is 12.2 Å². The molecule has 4 unspecified atom stereocenters. The largest absolute Gasteiger partial charge is 0.396 e. The van der Waals surface area contributed by atoms with E-state index in [1.54, 1.807) is 6.92 Å². The second kappa shape index (κ2) is 11.2. The van der Waals surface area contributed by atoms with Gasteiger partial charge >= 0.3 is 0 Å². The van der Waals surface area contributed by atoms with Crippen molar-refractivity contribution in [1.82, 2.24) is 5.32 Å². The predicted molar refractivity (Wildman–Crippen MR) is 76.3 cm³/mol. The number of carbonyl (C=O) groups excluding carboxylic acids is 1. The van der Waals surface area contributed by atoms with Crippen LogP contribution >= 0.6 is 0 Å². The highest BCUT2D eigenvalue weighted by Crippen LogP contribution is 2.09. The summed E-state index contributed by atoms with van der Waals surface area (Å²) in [5.41, 5.74) is 0. The summed E-state index contributed by atoms with van der Waals surface area (Å²) in [7, 11) is 0. The molecule has 0 spiro atoms. The van der Waals surface area contributed by atoms with E-state index in [0.717, 1.165) is 12.8 Å². The molecule has 0 heterocycles. The fourth-order valence-corrected chi connectivity index (χ4v) is 1.79. The van der Waals surface area contributed by atoms with Crippen molar-refractivity contribution in [2.45, 2.75) is 57.8 Å². The summed E-state index contributed by atoms with van der Waals surface area (Å²) in [6.45, 7) is 4.00. The SMILES string of the molecule is CCC(=O)CCCCNCC(O)C(O)C(O)C(C)CO. The average Bonchev–Trinajstić information content (AvgIpc) is 2.47. The molecule has 0 saturated heterocycles. The number of carbonyl (C=O) groups is 1. The van der Waals surface area contributed by atoms with Crippen LogP contribution in [0.2, 0.25) is 0 Å². The van der Waals surface area contributed by atoms with Gasteiger partial charge in [-0.05, 0) is 19.4 Å². The Balaban J connectivity index is 3.71. The van der Waals surface area contributed by atoms with Crippen molar-refractivity contribution in [3.63, 3.8) is 0 Å². The summed E-state index contributed by atoms with van der Waals surface area (Å²) in [5.74, 6) is -0.235. The highest BCUT2D eigenvalue weighted by atomic mass is 16.4. The first-order valence-corrected chi connectivity index (χ1v) is 7.31. The minimum Gasteiger partial charge on any atom is -0.396 e. The number of nitrogens with one attached hydrogen (secondary N) is 1. The first kappa shape index (κ1) is 19.5. The van der Waals surface area contributed by atoms with Gasteiger partial charge in [0.2, 0.25) is 0 Å². The predicted octanol–water partition coefficient (Wildman–Crippen LogP) is -0.563. The van der Waals surface area contributed by atoms with Gasteiger partial charge in [-0.1, -0.05) is 13.8 Å². The zero-order valence-electron chi connectivity index (χ0n) is 12.5. The van der Waals surface area contributed by atoms with Crippen LogP contribution in [-0.4, -0.2) is 64.2 Å². The first-order valence-electron chi connectivity index (χ1n) is 7.31. The van der Waals surface area contributed by atoms with Crippen molar-refractivity contribution in [1.29, 1.82) is 0 Å². The third kappa shape index (κ3) is 7.91. The molecule has 20 heavy (non-hydrogen) atoms. The number of aliphatic hydroxyl groups is 4. The molecule has 0 aromatic rings. The van der Waals surface area contributed by atoms with Crippen LogP contribution in [0.15, 0.2) is 0 Å². The molecule has 0 aliphatic heterocycles. The molecule has 0 aliphatic carbocycles. The van der Waals surface area contributed by atoms with E-state index in [9.17, 15) is 20.1 Å². The maximum Gasteiger partial charge on any atom is 0.132 e. The smallest absolute Gasteiger partial charge is 0.132 e. The lowest BCUT2D eigenvalue weighted by Gasteiger charge is -2.26. The van der Waals surface area contributed by atoms with Gasteiger partial charge in [-0.2, -0.15) is 0 Å². The van der Waals surface area contributed by atoms with Crippen LogP contribution in [0.25, 0.3) is 0 Å². The Bertz CT molecular complexity index is 262. The van der Waals surface area contributed by atoms with E-state index >= 15 is 0 Å². The summed E-state index contributed by atoms with van der Waals surface area (Å²) >= 11 is 0. The Labute approximate surface area is 120 Å². The lowest BCUT2D eigenvalue weighted by molar-refractivity contribution is -0.118. The van der Waals surface area contributed by atoms with Crippen molar-refractivity contribution < 1.29 is 25.2 Å². The van der Waals surface area contributed by atoms with Gasteiger partial charge in [-0.3, -0.25) is 4.79 Å². The average molecular weight is 291 g/mol. The molecule has 0 radical (unpaired) electrons. The standard InChI is InChI=1S/C14H29NO5/c1-3-11(17)6-4-5-7-15-8-12(18)14(20)13(19)10(2)9-16/h10,12-16,18-20H,3-9H2,1-2H3. The molecule has 0 rings (SSSR count). The van der Waals surface area contributed by atoms with Crippen LogP contribution in [0.4, 0.5) is 0 Å². The molecular formula is C14H29NO5. The molecule has 6 nitrogen and oxygen atoms in total. The molecule has 0 amide bonds. The van der Waals surface area contributed by atoms with Gasteiger partial charge in [0.1, 0.15) is 11.9 Å². The van der Waals surface area contributed by atoms with Gasteiger partial charge in [0, 0.05) is 31.9 Å². The van der Waals surface area contributed by atoms with Gasteiger partial charge < -0.3 is 25.7 Å². The molecule has 6 heteroatoms. The summed E-state index contributed by atoms with van der Waals surface area (Å²) < 4.78 is 0. The Morgan fingerprint density at radius 3 is 2.35 bits per heavy atom. The number of ketones is 1. The van der Waals surface area contributed by atoms with Crippen LogP contribution < -0.4 is 5.32 Å². The number of hydrogen-bond donors (Lipinski definition) is 5. The molecule has 0 aliphatic rings. The zero-order chi connectivity index (χ0) is 15.5. The molecule has 0 aromatic heterocycles. The summed E-state index contributed by atoms with van der Waals surface area (Å²) in [6.07, 6.45) is -0.747. The monoisotopic (exact) mass is 291 g/mol. The number of unbranched alkanes of at least 4 members (excludes halogenated alkanes) is 1. The van der Waals surface area contributed by atoms with E-state index < -0.39 is 24.2 Å². The van der Waals surface area contributed by atoms with E-state index in [1.165, 1.54) is 0 Å². The maximum atomic E-state index is 11.1. The molecule has 0 bridgehead atoms. The van der Waals surface area contributed by atoms with E-state index in [0.29, 0.717) is 19.4 Å². The van der Waals surface area contributed by atoms with Crippen LogP contribution in [0.3, 0.4) is 0 Å². The third-order valence-electron chi connectivity index (χ3n) is 3.42. The van der Waals surface area contributed by atoms with Crippen molar-refractivity contribution in [3.8, 4) is 0 Å². The Kier molecular flexibility index (Phi) is 10.9. The van der Waals surface area contributed by atoms with Crippen LogP contribution in [0.1, 0.15) is 39.5 Å². The molecule has 0 saturated carbocycles. The Morgan fingerprint density at radius 2 is 1.80 bits per heavy atom. The van der Waals surface area contributed by atoms with E-state index in [4.69, 9.17) is 5.11 Å².